The van der Waals surface area contributed by atoms with Crippen molar-refractivity contribution in [1.82, 2.24) is 5.06 Å². The fraction of sp³-hybridized carbons (Fsp3) is 0.368. The SMILES string of the molecule is Cc1c(F)ccc(C2c3ccc(NS(C)(=O)=O)cc3OC(C)(C)N2[O-])c1C. The van der Waals surface area contributed by atoms with Gasteiger partial charge in [-0.05, 0) is 56.5 Å². The number of ether oxygens (including phenoxy) is 1. The summed E-state index contributed by atoms with van der Waals surface area (Å²) in [6.07, 6.45) is 1.06. The van der Waals surface area contributed by atoms with E-state index in [4.69, 9.17) is 4.74 Å². The number of rotatable bonds is 3. The quantitative estimate of drug-likeness (QED) is 0.857. The van der Waals surface area contributed by atoms with Crippen molar-refractivity contribution in [2.45, 2.75) is 39.5 Å². The van der Waals surface area contributed by atoms with Gasteiger partial charge in [0.15, 0.2) is 0 Å². The van der Waals surface area contributed by atoms with E-state index < -0.39 is 21.8 Å². The molecule has 0 saturated heterocycles. The number of hydrogen-bond acceptors (Lipinski definition) is 5. The second-order valence-corrected chi connectivity index (χ2v) is 9.04. The number of anilines is 1. The molecule has 6 nitrogen and oxygen atoms in total. The van der Waals surface area contributed by atoms with Crippen molar-refractivity contribution in [3.63, 3.8) is 0 Å². The minimum atomic E-state index is -3.45. The average Bonchev–Trinajstić information content (AvgIpc) is 2.53. The molecule has 3 rings (SSSR count). The standard InChI is InChI=1S/C19H22FN2O4S/c1-11-12(2)16(20)9-8-14(11)18-15-7-6-13(21-27(5,24)25)10-17(15)26-19(3,4)22(18)23/h6-10,18,21H,1-5H3/q-1. The predicted molar refractivity (Wildman–Crippen MR) is 103 cm³/mol. The Balaban J connectivity index is 2.17. The Morgan fingerprint density at radius 3 is 2.41 bits per heavy atom. The molecule has 1 N–H and O–H groups in total. The number of halogens is 1. The third-order valence-electron chi connectivity index (χ3n) is 4.79. The summed E-state index contributed by atoms with van der Waals surface area (Å²) < 4.78 is 45.1. The molecule has 2 aromatic carbocycles. The summed E-state index contributed by atoms with van der Waals surface area (Å²) in [5.41, 5.74) is 1.63. The fourth-order valence-electron chi connectivity index (χ4n) is 3.28. The Morgan fingerprint density at radius 1 is 1.15 bits per heavy atom. The lowest BCUT2D eigenvalue weighted by molar-refractivity contribution is -0.0602. The van der Waals surface area contributed by atoms with Crippen LogP contribution in [0.2, 0.25) is 0 Å². The predicted octanol–water partition coefficient (Wildman–Crippen LogP) is 3.83. The summed E-state index contributed by atoms with van der Waals surface area (Å²) >= 11 is 0. The van der Waals surface area contributed by atoms with Crippen molar-refractivity contribution in [1.29, 1.82) is 0 Å². The Labute approximate surface area is 158 Å². The lowest BCUT2D eigenvalue weighted by Crippen LogP contribution is -2.50. The second kappa shape index (κ2) is 6.47. The lowest BCUT2D eigenvalue weighted by Gasteiger charge is -2.53. The molecule has 1 aliphatic heterocycles. The highest BCUT2D eigenvalue weighted by Crippen LogP contribution is 2.46. The number of nitrogens with one attached hydrogen (secondary N) is 1. The molecule has 1 atom stereocenters. The van der Waals surface area contributed by atoms with Crippen LogP contribution in [0.5, 0.6) is 5.75 Å². The molecule has 0 saturated carbocycles. The van der Waals surface area contributed by atoms with Gasteiger partial charge in [-0.2, -0.15) is 0 Å². The molecule has 0 amide bonds. The van der Waals surface area contributed by atoms with Crippen LogP contribution in [0.1, 0.15) is 42.1 Å². The number of hydrogen-bond donors (Lipinski definition) is 1. The van der Waals surface area contributed by atoms with Gasteiger partial charge in [-0.3, -0.25) is 4.72 Å². The molecule has 2 aromatic rings. The summed E-state index contributed by atoms with van der Waals surface area (Å²) in [6.45, 7) is 6.73. The van der Waals surface area contributed by atoms with Crippen molar-refractivity contribution >= 4 is 15.7 Å². The van der Waals surface area contributed by atoms with E-state index in [9.17, 15) is 18.0 Å². The van der Waals surface area contributed by atoms with Gasteiger partial charge < -0.3 is 15.0 Å². The van der Waals surface area contributed by atoms with Gasteiger partial charge in [-0.25, -0.2) is 12.8 Å². The topological polar surface area (TPSA) is 81.7 Å². The first-order valence-corrected chi connectivity index (χ1v) is 10.3. The van der Waals surface area contributed by atoms with E-state index in [-0.39, 0.29) is 5.82 Å². The molecule has 27 heavy (non-hydrogen) atoms. The zero-order valence-corrected chi connectivity index (χ0v) is 16.6. The minimum Gasteiger partial charge on any atom is -0.782 e. The van der Waals surface area contributed by atoms with E-state index >= 15 is 0 Å². The van der Waals surface area contributed by atoms with Crippen LogP contribution in [0.3, 0.4) is 0 Å². The van der Waals surface area contributed by atoms with Crippen molar-refractivity contribution in [3.05, 3.63) is 63.6 Å². The first-order chi connectivity index (χ1) is 12.4. The van der Waals surface area contributed by atoms with Gasteiger partial charge in [-0.15, -0.1) is 0 Å². The van der Waals surface area contributed by atoms with E-state index in [0.29, 0.717) is 33.7 Å². The third-order valence-corrected chi connectivity index (χ3v) is 5.40. The monoisotopic (exact) mass is 393 g/mol. The zero-order chi connectivity index (χ0) is 20.1. The Bertz CT molecular complexity index is 1010. The van der Waals surface area contributed by atoms with Crippen LogP contribution in [0, 0.1) is 24.9 Å². The largest absolute Gasteiger partial charge is 0.782 e. The van der Waals surface area contributed by atoms with Crippen LogP contribution in [-0.2, 0) is 10.0 Å². The molecular formula is C19H22FN2O4S-. The smallest absolute Gasteiger partial charge is 0.229 e. The normalized spacial score (nSPS) is 19.3. The summed E-state index contributed by atoms with van der Waals surface area (Å²) in [7, 11) is -3.45. The molecule has 0 fully saturated rings. The molecular weight excluding hydrogens is 371 g/mol. The summed E-state index contributed by atoms with van der Waals surface area (Å²) in [6, 6.07) is 7.06. The maximum absolute atomic E-state index is 13.9. The van der Waals surface area contributed by atoms with Gasteiger partial charge in [0, 0.05) is 11.6 Å². The molecule has 146 valence electrons. The van der Waals surface area contributed by atoms with E-state index in [1.807, 2.05) is 0 Å². The van der Waals surface area contributed by atoms with Crippen molar-refractivity contribution in [3.8, 4) is 5.75 Å². The average molecular weight is 393 g/mol. The van der Waals surface area contributed by atoms with Crippen LogP contribution < -0.4 is 9.46 Å². The number of sulfonamides is 1. The highest BCUT2D eigenvalue weighted by molar-refractivity contribution is 7.92. The van der Waals surface area contributed by atoms with Crippen LogP contribution in [-0.4, -0.2) is 25.5 Å². The molecule has 8 heteroatoms. The summed E-state index contributed by atoms with van der Waals surface area (Å²) in [4.78, 5) is 0. The first kappa shape index (κ1) is 19.6. The van der Waals surface area contributed by atoms with Crippen LogP contribution >= 0.6 is 0 Å². The van der Waals surface area contributed by atoms with Crippen LogP contribution in [0.25, 0.3) is 0 Å². The molecule has 1 heterocycles. The molecule has 1 aliphatic rings. The van der Waals surface area contributed by atoms with Gasteiger partial charge in [0.25, 0.3) is 0 Å². The number of nitrogens with zero attached hydrogens (tertiary/aromatic N) is 1. The Kier molecular flexibility index (Phi) is 4.70. The highest BCUT2D eigenvalue weighted by Gasteiger charge is 2.37. The van der Waals surface area contributed by atoms with Gasteiger partial charge >= 0.3 is 0 Å². The minimum absolute atomic E-state index is 0.326. The second-order valence-electron chi connectivity index (χ2n) is 7.29. The number of hydroxylamine groups is 2. The Hall–Kier alpha value is -2.16. The third kappa shape index (κ3) is 3.65. The molecule has 0 spiro atoms. The van der Waals surface area contributed by atoms with Gasteiger partial charge in [-0.1, -0.05) is 12.1 Å². The molecule has 0 aromatic heterocycles. The maximum atomic E-state index is 13.9. The van der Waals surface area contributed by atoms with Gasteiger partial charge in [0.05, 0.1) is 18.0 Å². The van der Waals surface area contributed by atoms with Crippen LogP contribution in [0.4, 0.5) is 10.1 Å². The van der Waals surface area contributed by atoms with E-state index in [1.54, 1.807) is 52.0 Å². The summed E-state index contributed by atoms with van der Waals surface area (Å²) in [5.74, 6) is 0.0834. The highest BCUT2D eigenvalue weighted by atomic mass is 32.2. The van der Waals surface area contributed by atoms with Gasteiger partial charge in [0.2, 0.25) is 10.0 Å². The van der Waals surface area contributed by atoms with Gasteiger partial charge in [0.1, 0.15) is 17.3 Å². The molecule has 0 aliphatic carbocycles. The van der Waals surface area contributed by atoms with E-state index in [1.165, 1.54) is 6.07 Å². The van der Waals surface area contributed by atoms with Crippen molar-refractivity contribution in [2.24, 2.45) is 0 Å². The van der Waals surface area contributed by atoms with Crippen molar-refractivity contribution < 1.29 is 17.5 Å². The maximum Gasteiger partial charge on any atom is 0.229 e. The van der Waals surface area contributed by atoms with Crippen molar-refractivity contribution in [2.75, 3.05) is 11.0 Å². The number of benzene rings is 2. The van der Waals surface area contributed by atoms with Crippen LogP contribution in [0.15, 0.2) is 30.3 Å². The molecule has 0 bridgehead atoms. The molecule has 1 unspecified atom stereocenters. The zero-order valence-electron chi connectivity index (χ0n) is 15.8. The Morgan fingerprint density at radius 2 is 1.78 bits per heavy atom. The number of fused-ring (bicyclic) bond motifs is 1. The first-order valence-electron chi connectivity index (χ1n) is 8.43. The molecule has 0 radical (unpaired) electrons. The fourth-order valence-corrected chi connectivity index (χ4v) is 3.83. The lowest BCUT2D eigenvalue weighted by atomic mass is 9.89. The van der Waals surface area contributed by atoms with E-state index in [2.05, 4.69) is 4.72 Å². The summed E-state index contributed by atoms with van der Waals surface area (Å²) in [5, 5.41) is 13.9. The van der Waals surface area contributed by atoms with E-state index in [0.717, 1.165) is 11.3 Å².